The maximum Gasteiger partial charge on any atom is 0.191 e. The van der Waals surface area contributed by atoms with Crippen molar-refractivity contribution in [1.82, 2.24) is 10.6 Å². The number of halogens is 1. The highest BCUT2D eigenvalue weighted by Gasteiger charge is 2.26. The van der Waals surface area contributed by atoms with Crippen molar-refractivity contribution in [3.05, 3.63) is 22.4 Å². The maximum absolute atomic E-state index is 12.1. The molecule has 1 aromatic rings. The molecule has 1 aliphatic rings. The van der Waals surface area contributed by atoms with Crippen molar-refractivity contribution in [2.45, 2.75) is 57.2 Å². The molecule has 0 spiro atoms. The summed E-state index contributed by atoms with van der Waals surface area (Å²) in [5.41, 5.74) is 0. The number of rotatable bonds is 7. The predicted octanol–water partition coefficient (Wildman–Crippen LogP) is 3.79. The second-order valence-electron chi connectivity index (χ2n) is 6.64. The van der Waals surface area contributed by atoms with E-state index < -0.39 is 10.8 Å². The summed E-state index contributed by atoms with van der Waals surface area (Å²) in [6.45, 7) is 5.19. The molecule has 0 radical (unpaired) electrons. The second kappa shape index (κ2) is 12.3. The van der Waals surface area contributed by atoms with Crippen molar-refractivity contribution in [2.75, 3.05) is 19.3 Å². The molecule has 2 rings (SSSR count). The van der Waals surface area contributed by atoms with Crippen molar-refractivity contribution >= 4 is 52.1 Å². The Morgan fingerprint density at radius 3 is 2.92 bits per heavy atom. The lowest BCUT2D eigenvalue weighted by molar-refractivity contribution is 0.412. The van der Waals surface area contributed by atoms with Crippen LogP contribution in [0.3, 0.4) is 0 Å². The van der Waals surface area contributed by atoms with Gasteiger partial charge >= 0.3 is 0 Å². The summed E-state index contributed by atoms with van der Waals surface area (Å²) in [5, 5.41) is 9.47. The van der Waals surface area contributed by atoms with Crippen LogP contribution in [0, 0.1) is 5.92 Å². The van der Waals surface area contributed by atoms with E-state index in [0.29, 0.717) is 17.2 Å². The van der Waals surface area contributed by atoms with Gasteiger partial charge in [0.05, 0.1) is 0 Å². The van der Waals surface area contributed by atoms with E-state index in [2.05, 4.69) is 40.1 Å². The Labute approximate surface area is 176 Å². The van der Waals surface area contributed by atoms with Gasteiger partial charge in [0.25, 0.3) is 0 Å². The molecule has 1 aliphatic carbocycles. The van der Waals surface area contributed by atoms with Gasteiger partial charge in [-0.3, -0.25) is 9.20 Å². The molecule has 4 nitrogen and oxygen atoms in total. The number of guanidine groups is 1. The molecule has 25 heavy (non-hydrogen) atoms. The molecule has 4 unspecified atom stereocenters. The van der Waals surface area contributed by atoms with E-state index in [9.17, 15) is 4.21 Å². The topological polar surface area (TPSA) is 53.5 Å². The van der Waals surface area contributed by atoms with Gasteiger partial charge in [-0.2, -0.15) is 0 Å². The summed E-state index contributed by atoms with van der Waals surface area (Å²) in [6.07, 6.45) is 5.49. The molecule has 144 valence electrons. The largest absolute Gasteiger partial charge is 0.356 e. The van der Waals surface area contributed by atoms with Crippen LogP contribution < -0.4 is 10.6 Å². The SMILES string of the molecule is CCS(=O)C1CCCC(NC(=NC)NCC(C)Cc2cccs2)C1.I. The van der Waals surface area contributed by atoms with E-state index in [1.54, 1.807) is 0 Å². The smallest absolute Gasteiger partial charge is 0.191 e. The molecular weight excluding hydrogens is 465 g/mol. The van der Waals surface area contributed by atoms with Crippen LogP contribution in [0.25, 0.3) is 0 Å². The van der Waals surface area contributed by atoms with Crippen molar-refractivity contribution in [2.24, 2.45) is 10.9 Å². The molecule has 0 saturated heterocycles. The van der Waals surface area contributed by atoms with Crippen molar-refractivity contribution < 1.29 is 4.21 Å². The first-order valence-electron chi connectivity index (χ1n) is 8.99. The molecule has 0 bridgehead atoms. The average molecular weight is 498 g/mol. The van der Waals surface area contributed by atoms with Crippen LogP contribution in [0.5, 0.6) is 0 Å². The Bertz CT molecular complexity index is 536. The molecule has 1 heterocycles. The number of hydrogen-bond donors (Lipinski definition) is 2. The van der Waals surface area contributed by atoms with Crippen LogP contribution in [-0.2, 0) is 17.2 Å². The Balaban J connectivity index is 0.00000312. The zero-order valence-electron chi connectivity index (χ0n) is 15.5. The highest BCUT2D eigenvalue weighted by atomic mass is 127. The molecule has 7 heteroatoms. The van der Waals surface area contributed by atoms with Crippen molar-refractivity contribution in [1.29, 1.82) is 0 Å². The van der Waals surface area contributed by atoms with Gasteiger partial charge in [-0.25, -0.2) is 0 Å². The molecule has 0 aromatic carbocycles. The predicted molar refractivity (Wildman–Crippen MR) is 122 cm³/mol. The molecule has 1 saturated carbocycles. The molecule has 0 amide bonds. The van der Waals surface area contributed by atoms with Crippen LogP contribution in [0.4, 0.5) is 0 Å². The summed E-state index contributed by atoms with van der Waals surface area (Å²) >= 11 is 1.82. The Morgan fingerprint density at radius 2 is 2.28 bits per heavy atom. The van der Waals surface area contributed by atoms with E-state index >= 15 is 0 Å². The van der Waals surface area contributed by atoms with Gasteiger partial charge in [0, 0.05) is 46.3 Å². The third-order valence-electron chi connectivity index (χ3n) is 4.59. The van der Waals surface area contributed by atoms with E-state index in [0.717, 1.165) is 50.4 Å². The summed E-state index contributed by atoms with van der Waals surface area (Å²) in [6, 6.07) is 4.70. The Morgan fingerprint density at radius 1 is 1.48 bits per heavy atom. The summed E-state index contributed by atoms with van der Waals surface area (Å²) < 4.78 is 12.1. The van der Waals surface area contributed by atoms with Crippen LogP contribution in [-0.4, -0.2) is 40.8 Å². The van der Waals surface area contributed by atoms with Gasteiger partial charge in [0.2, 0.25) is 0 Å². The average Bonchev–Trinajstić information content (AvgIpc) is 3.11. The fourth-order valence-corrected chi connectivity index (χ4v) is 5.47. The third-order valence-corrected chi connectivity index (χ3v) is 7.23. The van der Waals surface area contributed by atoms with Gasteiger partial charge in [-0.05, 0) is 43.0 Å². The Kier molecular flexibility index (Phi) is 11.2. The maximum atomic E-state index is 12.1. The number of thiophene rings is 1. The monoisotopic (exact) mass is 497 g/mol. The van der Waals surface area contributed by atoms with Crippen LogP contribution in [0.1, 0.15) is 44.4 Å². The lowest BCUT2D eigenvalue weighted by Gasteiger charge is -2.30. The van der Waals surface area contributed by atoms with E-state index in [-0.39, 0.29) is 24.0 Å². The van der Waals surface area contributed by atoms with Gasteiger partial charge in [-0.1, -0.05) is 26.3 Å². The zero-order chi connectivity index (χ0) is 17.4. The minimum absolute atomic E-state index is 0. The summed E-state index contributed by atoms with van der Waals surface area (Å²) in [5.74, 6) is 2.21. The minimum atomic E-state index is -0.680. The highest BCUT2D eigenvalue weighted by molar-refractivity contribution is 14.0. The first-order chi connectivity index (χ1) is 11.6. The number of nitrogens with zero attached hydrogens (tertiary/aromatic N) is 1. The van der Waals surface area contributed by atoms with E-state index in [1.807, 2.05) is 25.3 Å². The number of hydrogen-bond acceptors (Lipinski definition) is 3. The summed E-state index contributed by atoms with van der Waals surface area (Å²) in [7, 11) is 1.14. The standard InChI is InChI=1S/C18H31N3OS2.HI/c1-4-24(22)17-9-5-7-15(12-17)21-18(19-3)20-13-14(2)11-16-8-6-10-23-16;/h6,8,10,14-15,17H,4-5,7,9,11-13H2,1-3H3,(H2,19,20,21);1H. The van der Waals surface area contributed by atoms with Crippen LogP contribution >= 0.6 is 35.3 Å². The van der Waals surface area contributed by atoms with Crippen molar-refractivity contribution in [3.63, 3.8) is 0 Å². The first kappa shape index (κ1) is 22.9. The quantitative estimate of drug-likeness (QED) is 0.343. The minimum Gasteiger partial charge on any atom is -0.356 e. The first-order valence-corrected chi connectivity index (χ1v) is 11.2. The van der Waals surface area contributed by atoms with Crippen molar-refractivity contribution in [3.8, 4) is 0 Å². The number of aliphatic imine (C=N–C) groups is 1. The molecular formula is C18H32IN3OS2. The fourth-order valence-electron chi connectivity index (χ4n) is 3.25. The molecule has 1 aromatic heterocycles. The lowest BCUT2D eigenvalue weighted by atomic mass is 9.95. The third kappa shape index (κ3) is 7.95. The Hall–Kier alpha value is -0.150. The van der Waals surface area contributed by atoms with Gasteiger partial charge in [0.15, 0.2) is 5.96 Å². The van der Waals surface area contributed by atoms with Gasteiger partial charge < -0.3 is 10.6 Å². The van der Waals surface area contributed by atoms with E-state index in [4.69, 9.17) is 0 Å². The normalized spacial score (nSPS) is 23.4. The summed E-state index contributed by atoms with van der Waals surface area (Å²) in [4.78, 5) is 5.80. The van der Waals surface area contributed by atoms with Crippen LogP contribution in [0.15, 0.2) is 22.5 Å². The molecule has 2 N–H and O–H groups in total. The fraction of sp³-hybridized carbons (Fsp3) is 0.722. The zero-order valence-corrected chi connectivity index (χ0v) is 19.5. The second-order valence-corrected chi connectivity index (χ2v) is 9.68. The highest BCUT2D eigenvalue weighted by Crippen LogP contribution is 2.23. The molecule has 1 fully saturated rings. The van der Waals surface area contributed by atoms with Gasteiger partial charge in [-0.15, -0.1) is 35.3 Å². The van der Waals surface area contributed by atoms with Gasteiger partial charge in [0.1, 0.15) is 0 Å². The van der Waals surface area contributed by atoms with Crippen LogP contribution in [0.2, 0.25) is 0 Å². The van der Waals surface area contributed by atoms with E-state index in [1.165, 1.54) is 4.88 Å². The molecule has 4 atom stereocenters. The molecule has 0 aliphatic heterocycles. The lowest BCUT2D eigenvalue weighted by Crippen LogP contribution is -2.47. The number of nitrogens with one attached hydrogen (secondary N) is 2.